The van der Waals surface area contributed by atoms with Crippen LogP contribution >= 0.6 is 23.8 Å². The highest BCUT2D eigenvalue weighted by atomic mass is 35.5. The van der Waals surface area contributed by atoms with Crippen molar-refractivity contribution in [2.24, 2.45) is 0 Å². The van der Waals surface area contributed by atoms with Gasteiger partial charge in [0, 0.05) is 13.1 Å². The largest absolute Gasteiger partial charge is 0.350 e. The van der Waals surface area contributed by atoms with Crippen LogP contribution in [-0.2, 0) is 0 Å². The Morgan fingerprint density at radius 3 is 2.50 bits per heavy atom. The first-order chi connectivity index (χ1) is 7.58. The molecule has 1 aromatic carbocycles. The molecule has 0 saturated carbocycles. The molecular formula is C12H17ClN2S. The molecule has 0 aromatic heterocycles. The Bertz CT molecular complexity index is 375. The first-order valence-electron chi connectivity index (χ1n) is 5.40. The molecule has 88 valence electrons. The number of benzene rings is 1. The Balaban J connectivity index is 2.76. The highest BCUT2D eigenvalue weighted by Crippen LogP contribution is 2.22. The van der Waals surface area contributed by atoms with Crippen molar-refractivity contribution >= 4 is 34.6 Å². The zero-order valence-corrected chi connectivity index (χ0v) is 11.5. The first-order valence-corrected chi connectivity index (χ1v) is 6.19. The van der Waals surface area contributed by atoms with Crippen molar-refractivity contribution in [3.8, 4) is 0 Å². The average Bonchev–Trinajstić information content (AvgIpc) is 2.24. The van der Waals surface area contributed by atoms with Crippen molar-refractivity contribution in [1.29, 1.82) is 0 Å². The number of hydrogen-bond acceptors (Lipinski definition) is 1. The van der Waals surface area contributed by atoms with Crippen LogP contribution in [0.15, 0.2) is 18.2 Å². The molecule has 1 aromatic rings. The lowest BCUT2D eigenvalue weighted by Gasteiger charge is -2.22. The molecule has 2 nitrogen and oxygen atoms in total. The van der Waals surface area contributed by atoms with Gasteiger partial charge in [0.05, 0.1) is 10.7 Å². The lowest BCUT2D eigenvalue weighted by molar-refractivity contribution is 0.473. The topological polar surface area (TPSA) is 15.3 Å². The van der Waals surface area contributed by atoms with E-state index in [0.717, 1.165) is 29.5 Å². The van der Waals surface area contributed by atoms with Gasteiger partial charge in [-0.1, -0.05) is 17.7 Å². The summed E-state index contributed by atoms with van der Waals surface area (Å²) in [4.78, 5) is 2.07. The van der Waals surface area contributed by atoms with Crippen LogP contribution in [0.5, 0.6) is 0 Å². The molecule has 16 heavy (non-hydrogen) atoms. The van der Waals surface area contributed by atoms with Crippen molar-refractivity contribution in [3.63, 3.8) is 0 Å². The predicted molar refractivity (Wildman–Crippen MR) is 75.3 cm³/mol. The van der Waals surface area contributed by atoms with Gasteiger partial charge in [0.15, 0.2) is 5.11 Å². The zero-order valence-electron chi connectivity index (χ0n) is 9.88. The number of aryl methyl sites for hydroxylation is 1. The van der Waals surface area contributed by atoms with Gasteiger partial charge in [-0.25, -0.2) is 0 Å². The molecule has 0 bridgehead atoms. The molecular weight excluding hydrogens is 240 g/mol. The van der Waals surface area contributed by atoms with Crippen molar-refractivity contribution in [2.75, 3.05) is 18.4 Å². The van der Waals surface area contributed by atoms with Crippen LogP contribution in [0.1, 0.15) is 19.4 Å². The predicted octanol–water partition coefficient (Wildman–Crippen LogP) is 3.69. The van der Waals surface area contributed by atoms with E-state index in [9.17, 15) is 0 Å². The van der Waals surface area contributed by atoms with Gasteiger partial charge in [-0.2, -0.15) is 0 Å². The third-order valence-corrected chi connectivity index (χ3v) is 3.09. The van der Waals surface area contributed by atoms with E-state index in [2.05, 4.69) is 24.1 Å². The summed E-state index contributed by atoms with van der Waals surface area (Å²) in [7, 11) is 0. The third-order valence-electron chi connectivity index (χ3n) is 2.42. The van der Waals surface area contributed by atoms with E-state index in [1.54, 1.807) is 0 Å². The number of rotatable bonds is 3. The summed E-state index contributed by atoms with van der Waals surface area (Å²) < 4.78 is 0. The van der Waals surface area contributed by atoms with Gasteiger partial charge in [-0.05, 0) is 50.7 Å². The molecule has 0 fully saturated rings. The lowest BCUT2D eigenvalue weighted by Crippen LogP contribution is -2.34. The van der Waals surface area contributed by atoms with E-state index in [1.807, 2.05) is 25.1 Å². The van der Waals surface area contributed by atoms with Crippen molar-refractivity contribution in [3.05, 3.63) is 28.8 Å². The van der Waals surface area contributed by atoms with Crippen LogP contribution in [0.25, 0.3) is 0 Å². The van der Waals surface area contributed by atoms with Gasteiger partial charge in [0.1, 0.15) is 0 Å². The van der Waals surface area contributed by atoms with Gasteiger partial charge in [-0.3, -0.25) is 0 Å². The van der Waals surface area contributed by atoms with E-state index in [4.69, 9.17) is 23.8 Å². The second-order valence-electron chi connectivity index (χ2n) is 3.59. The fourth-order valence-electron chi connectivity index (χ4n) is 1.43. The molecule has 0 heterocycles. The van der Waals surface area contributed by atoms with Gasteiger partial charge < -0.3 is 10.2 Å². The number of nitrogens with zero attached hydrogens (tertiary/aromatic N) is 1. The molecule has 0 saturated heterocycles. The minimum absolute atomic E-state index is 0.703. The molecule has 0 aliphatic heterocycles. The molecule has 1 N–H and O–H groups in total. The number of nitrogens with one attached hydrogen (secondary N) is 1. The van der Waals surface area contributed by atoms with Crippen LogP contribution < -0.4 is 5.32 Å². The second kappa shape index (κ2) is 6.06. The van der Waals surface area contributed by atoms with Crippen LogP contribution in [0.3, 0.4) is 0 Å². The maximum absolute atomic E-state index is 6.12. The smallest absolute Gasteiger partial charge is 0.173 e. The van der Waals surface area contributed by atoms with E-state index < -0.39 is 0 Å². The van der Waals surface area contributed by atoms with Crippen LogP contribution in [0.4, 0.5) is 5.69 Å². The molecule has 1 rings (SSSR count). The Kier molecular flexibility index (Phi) is 5.03. The Hall–Kier alpha value is -0.800. The van der Waals surface area contributed by atoms with Crippen molar-refractivity contribution < 1.29 is 0 Å². The number of anilines is 1. The standard InChI is InChI=1S/C12H17ClN2S/c1-4-15(5-2)12(16)14-11-7-6-9(3)8-10(11)13/h6-8H,4-5H2,1-3H3,(H,14,16). The van der Waals surface area contributed by atoms with Gasteiger partial charge in [0.25, 0.3) is 0 Å². The van der Waals surface area contributed by atoms with Gasteiger partial charge in [-0.15, -0.1) is 0 Å². The number of hydrogen-bond donors (Lipinski definition) is 1. The van der Waals surface area contributed by atoms with Crippen LogP contribution in [-0.4, -0.2) is 23.1 Å². The maximum Gasteiger partial charge on any atom is 0.173 e. The summed E-state index contributed by atoms with van der Waals surface area (Å²) in [5, 5.41) is 4.59. The van der Waals surface area contributed by atoms with Crippen LogP contribution in [0, 0.1) is 6.92 Å². The van der Waals surface area contributed by atoms with Crippen LogP contribution in [0.2, 0.25) is 5.02 Å². The van der Waals surface area contributed by atoms with Gasteiger partial charge in [0.2, 0.25) is 0 Å². The summed E-state index contributed by atoms with van der Waals surface area (Å²) in [5.41, 5.74) is 2.01. The van der Waals surface area contributed by atoms with E-state index in [0.29, 0.717) is 5.02 Å². The Labute approximate surface area is 108 Å². The molecule has 4 heteroatoms. The Morgan fingerprint density at radius 2 is 2.00 bits per heavy atom. The molecule has 0 amide bonds. The second-order valence-corrected chi connectivity index (χ2v) is 4.38. The summed E-state index contributed by atoms with van der Waals surface area (Å²) in [6.07, 6.45) is 0. The van der Waals surface area contributed by atoms with Gasteiger partial charge >= 0.3 is 0 Å². The summed E-state index contributed by atoms with van der Waals surface area (Å²) in [6, 6.07) is 5.89. The minimum Gasteiger partial charge on any atom is -0.350 e. The molecule has 0 aliphatic carbocycles. The molecule has 0 radical (unpaired) electrons. The van der Waals surface area contributed by atoms with E-state index in [1.165, 1.54) is 0 Å². The quantitative estimate of drug-likeness (QED) is 0.831. The maximum atomic E-state index is 6.12. The van der Waals surface area contributed by atoms with Crippen molar-refractivity contribution in [1.82, 2.24) is 4.90 Å². The average molecular weight is 257 g/mol. The zero-order chi connectivity index (χ0) is 12.1. The Morgan fingerprint density at radius 1 is 1.38 bits per heavy atom. The van der Waals surface area contributed by atoms with Crippen molar-refractivity contribution in [2.45, 2.75) is 20.8 Å². The summed E-state index contributed by atoms with van der Waals surface area (Å²) in [6.45, 7) is 7.96. The normalized spacial score (nSPS) is 10.0. The molecule has 0 atom stereocenters. The highest BCUT2D eigenvalue weighted by Gasteiger charge is 2.07. The highest BCUT2D eigenvalue weighted by molar-refractivity contribution is 7.80. The third kappa shape index (κ3) is 3.35. The number of halogens is 1. The molecule has 0 unspecified atom stereocenters. The SMILES string of the molecule is CCN(CC)C(=S)Nc1ccc(C)cc1Cl. The molecule has 0 spiro atoms. The van der Waals surface area contributed by atoms with E-state index >= 15 is 0 Å². The lowest BCUT2D eigenvalue weighted by atomic mass is 10.2. The first kappa shape index (κ1) is 13.3. The summed E-state index contributed by atoms with van der Waals surface area (Å²) in [5.74, 6) is 0. The van der Waals surface area contributed by atoms with E-state index in [-0.39, 0.29) is 0 Å². The fourth-order valence-corrected chi connectivity index (χ4v) is 2.08. The monoisotopic (exact) mass is 256 g/mol. The number of thiocarbonyl (C=S) groups is 1. The minimum atomic E-state index is 0.703. The fraction of sp³-hybridized carbons (Fsp3) is 0.417. The molecule has 0 aliphatic rings. The summed E-state index contributed by atoms with van der Waals surface area (Å²) >= 11 is 11.4.